The standard InChI is InChI=1S/C16H18Cl2N2O2/c17-13-5-1-3-11(15(13)21)9-19-7-8-20-10-12-4-2-6-14(18)16(12)22/h1-6,19-22H,7-10H2. The van der Waals surface area contributed by atoms with E-state index in [0.29, 0.717) is 36.2 Å². The van der Waals surface area contributed by atoms with Gasteiger partial charge in [0.1, 0.15) is 11.5 Å². The van der Waals surface area contributed by atoms with Crippen molar-refractivity contribution in [2.24, 2.45) is 0 Å². The molecule has 4 N–H and O–H groups in total. The summed E-state index contributed by atoms with van der Waals surface area (Å²) in [6.45, 7) is 2.51. The van der Waals surface area contributed by atoms with Crippen LogP contribution in [-0.2, 0) is 13.1 Å². The van der Waals surface area contributed by atoms with Crippen molar-refractivity contribution in [1.82, 2.24) is 10.6 Å². The molecule has 0 atom stereocenters. The van der Waals surface area contributed by atoms with Crippen LogP contribution < -0.4 is 10.6 Å². The molecule has 4 nitrogen and oxygen atoms in total. The zero-order chi connectivity index (χ0) is 15.9. The maximum Gasteiger partial charge on any atom is 0.138 e. The third kappa shape index (κ3) is 4.52. The predicted octanol–water partition coefficient (Wildman–Crippen LogP) is 3.28. The van der Waals surface area contributed by atoms with E-state index in [9.17, 15) is 10.2 Å². The van der Waals surface area contributed by atoms with E-state index in [4.69, 9.17) is 23.2 Å². The lowest BCUT2D eigenvalue weighted by Gasteiger charge is -2.10. The first-order valence-electron chi connectivity index (χ1n) is 6.93. The predicted molar refractivity (Wildman–Crippen MR) is 89.6 cm³/mol. The summed E-state index contributed by atoms with van der Waals surface area (Å²) in [4.78, 5) is 0. The van der Waals surface area contributed by atoms with Gasteiger partial charge in [0, 0.05) is 37.3 Å². The molecule has 0 aliphatic rings. The van der Waals surface area contributed by atoms with E-state index in [2.05, 4.69) is 10.6 Å². The van der Waals surface area contributed by atoms with Crippen LogP contribution in [0.2, 0.25) is 10.0 Å². The van der Waals surface area contributed by atoms with E-state index >= 15 is 0 Å². The lowest BCUT2D eigenvalue weighted by atomic mass is 10.2. The molecule has 22 heavy (non-hydrogen) atoms. The van der Waals surface area contributed by atoms with Crippen LogP contribution in [-0.4, -0.2) is 23.3 Å². The molecule has 0 saturated carbocycles. The van der Waals surface area contributed by atoms with Crippen molar-refractivity contribution < 1.29 is 10.2 Å². The van der Waals surface area contributed by atoms with Crippen LogP contribution in [0, 0.1) is 0 Å². The van der Waals surface area contributed by atoms with Crippen LogP contribution >= 0.6 is 23.2 Å². The van der Waals surface area contributed by atoms with Gasteiger partial charge in [0.15, 0.2) is 0 Å². The summed E-state index contributed by atoms with van der Waals surface area (Å²) in [5.41, 5.74) is 1.53. The van der Waals surface area contributed by atoms with Crippen LogP contribution in [0.15, 0.2) is 36.4 Å². The Kier molecular flexibility index (Phi) is 6.34. The quantitative estimate of drug-likeness (QED) is 0.584. The van der Waals surface area contributed by atoms with Crippen LogP contribution in [0.4, 0.5) is 0 Å². The Bertz CT molecular complexity index is 580. The average molecular weight is 341 g/mol. The molecule has 0 bridgehead atoms. The largest absolute Gasteiger partial charge is 0.506 e. The summed E-state index contributed by atoms with van der Waals surface area (Å²) >= 11 is 11.7. The van der Waals surface area contributed by atoms with Crippen molar-refractivity contribution in [2.45, 2.75) is 13.1 Å². The van der Waals surface area contributed by atoms with E-state index in [1.807, 2.05) is 12.1 Å². The molecule has 118 valence electrons. The third-order valence-electron chi connectivity index (χ3n) is 3.25. The second-order valence-corrected chi connectivity index (χ2v) is 5.66. The van der Waals surface area contributed by atoms with Crippen molar-refractivity contribution in [3.63, 3.8) is 0 Å². The number of phenols is 2. The van der Waals surface area contributed by atoms with E-state index in [1.165, 1.54) is 0 Å². The Balaban J connectivity index is 1.70. The molecule has 0 fully saturated rings. The first-order valence-corrected chi connectivity index (χ1v) is 7.69. The average Bonchev–Trinajstić information content (AvgIpc) is 2.51. The highest BCUT2D eigenvalue weighted by atomic mass is 35.5. The van der Waals surface area contributed by atoms with Gasteiger partial charge in [-0.15, -0.1) is 0 Å². The minimum absolute atomic E-state index is 0.119. The maximum atomic E-state index is 9.78. The Morgan fingerprint density at radius 3 is 1.55 bits per heavy atom. The van der Waals surface area contributed by atoms with Crippen LogP contribution in [0.3, 0.4) is 0 Å². The molecule has 6 heteroatoms. The highest BCUT2D eigenvalue weighted by Gasteiger charge is 2.05. The van der Waals surface area contributed by atoms with Crippen LogP contribution in [0.5, 0.6) is 11.5 Å². The monoisotopic (exact) mass is 340 g/mol. The zero-order valence-corrected chi connectivity index (χ0v) is 13.5. The molecule has 0 unspecified atom stereocenters. The van der Waals surface area contributed by atoms with Gasteiger partial charge < -0.3 is 20.8 Å². The van der Waals surface area contributed by atoms with Gasteiger partial charge in [-0.2, -0.15) is 0 Å². The second kappa shape index (κ2) is 8.25. The lowest BCUT2D eigenvalue weighted by Crippen LogP contribution is -2.26. The highest BCUT2D eigenvalue weighted by Crippen LogP contribution is 2.27. The maximum absolute atomic E-state index is 9.78. The highest BCUT2D eigenvalue weighted by molar-refractivity contribution is 6.32. The van der Waals surface area contributed by atoms with Gasteiger partial charge in [0.2, 0.25) is 0 Å². The summed E-state index contributed by atoms with van der Waals surface area (Å²) in [5, 5.41) is 26.7. The van der Waals surface area contributed by atoms with Crippen molar-refractivity contribution in [1.29, 1.82) is 0 Å². The summed E-state index contributed by atoms with van der Waals surface area (Å²) in [7, 11) is 0. The Morgan fingerprint density at radius 1 is 0.727 bits per heavy atom. The molecule has 2 rings (SSSR count). The minimum Gasteiger partial charge on any atom is -0.506 e. The van der Waals surface area contributed by atoms with Gasteiger partial charge in [0.25, 0.3) is 0 Å². The van der Waals surface area contributed by atoms with Crippen LogP contribution in [0.1, 0.15) is 11.1 Å². The van der Waals surface area contributed by atoms with E-state index in [1.54, 1.807) is 24.3 Å². The number of aromatic hydroxyl groups is 2. The summed E-state index contributed by atoms with van der Waals surface area (Å²) in [5.74, 6) is 0.238. The fourth-order valence-corrected chi connectivity index (χ4v) is 2.42. The molecule has 2 aromatic rings. The molecule has 0 aliphatic heterocycles. The van der Waals surface area contributed by atoms with Gasteiger partial charge in [-0.3, -0.25) is 0 Å². The third-order valence-corrected chi connectivity index (χ3v) is 3.86. The minimum atomic E-state index is 0.119. The Labute approximate surface area is 139 Å². The number of halogens is 2. The molecular weight excluding hydrogens is 323 g/mol. The first kappa shape index (κ1) is 16.9. The van der Waals surface area contributed by atoms with Crippen molar-refractivity contribution >= 4 is 23.2 Å². The topological polar surface area (TPSA) is 64.5 Å². The molecule has 0 heterocycles. The number of rotatable bonds is 7. The fourth-order valence-electron chi connectivity index (χ4n) is 2.03. The normalized spacial score (nSPS) is 10.8. The Hall–Kier alpha value is -1.46. The van der Waals surface area contributed by atoms with E-state index in [-0.39, 0.29) is 11.5 Å². The SMILES string of the molecule is Oc1c(Cl)cccc1CNCCNCc1cccc(Cl)c1O. The van der Waals surface area contributed by atoms with Crippen LogP contribution in [0.25, 0.3) is 0 Å². The van der Waals surface area contributed by atoms with Gasteiger partial charge >= 0.3 is 0 Å². The fraction of sp³-hybridized carbons (Fsp3) is 0.250. The molecule has 0 saturated heterocycles. The van der Waals surface area contributed by atoms with Gasteiger partial charge in [-0.05, 0) is 12.1 Å². The number of phenolic OH excluding ortho intramolecular Hbond substituents is 2. The zero-order valence-electron chi connectivity index (χ0n) is 11.9. The molecule has 0 aliphatic carbocycles. The lowest BCUT2D eigenvalue weighted by molar-refractivity contribution is 0.461. The molecule has 0 radical (unpaired) electrons. The molecule has 0 amide bonds. The second-order valence-electron chi connectivity index (χ2n) is 4.85. The molecule has 2 aromatic carbocycles. The van der Waals surface area contributed by atoms with Gasteiger partial charge in [-0.1, -0.05) is 47.5 Å². The molecule has 0 spiro atoms. The van der Waals surface area contributed by atoms with Crippen molar-refractivity contribution in [2.75, 3.05) is 13.1 Å². The van der Waals surface area contributed by atoms with Gasteiger partial charge in [0.05, 0.1) is 10.0 Å². The summed E-state index contributed by atoms with van der Waals surface area (Å²) < 4.78 is 0. The summed E-state index contributed by atoms with van der Waals surface area (Å²) in [6.07, 6.45) is 0. The molecule has 0 aromatic heterocycles. The number of benzene rings is 2. The van der Waals surface area contributed by atoms with Crippen molar-refractivity contribution in [3.8, 4) is 11.5 Å². The first-order chi connectivity index (χ1) is 10.6. The summed E-state index contributed by atoms with van der Waals surface area (Å²) in [6, 6.07) is 10.6. The number of hydrogen-bond donors (Lipinski definition) is 4. The van der Waals surface area contributed by atoms with E-state index in [0.717, 1.165) is 11.1 Å². The van der Waals surface area contributed by atoms with Crippen molar-refractivity contribution in [3.05, 3.63) is 57.6 Å². The molecular formula is C16H18Cl2N2O2. The van der Waals surface area contributed by atoms with E-state index < -0.39 is 0 Å². The van der Waals surface area contributed by atoms with Gasteiger partial charge in [-0.25, -0.2) is 0 Å². The smallest absolute Gasteiger partial charge is 0.138 e. The number of hydrogen-bond acceptors (Lipinski definition) is 4. The number of nitrogens with one attached hydrogen (secondary N) is 2. The number of para-hydroxylation sites is 2. The Morgan fingerprint density at radius 2 is 1.14 bits per heavy atom.